The molecule has 4 nitrogen and oxygen atoms in total. The number of benzene rings is 1. The molecule has 1 unspecified atom stereocenters. The second kappa shape index (κ2) is 5.89. The van der Waals surface area contributed by atoms with Crippen LogP contribution in [0.3, 0.4) is 0 Å². The van der Waals surface area contributed by atoms with E-state index in [2.05, 4.69) is 22.4 Å². The lowest BCUT2D eigenvalue weighted by Gasteiger charge is -2.15. The Morgan fingerprint density at radius 2 is 2.30 bits per heavy atom. The predicted octanol–water partition coefficient (Wildman–Crippen LogP) is 2.47. The topological polar surface area (TPSA) is 51.0 Å². The number of hydrogen-bond acceptors (Lipinski definition) is 4. The van der Waals surface area contributed by atoms with Gasteiger partial charge in [0.05, 0.1) is 5.41 Å². The van der Waals surface area contributed by atoms with E-state index in [-0.39, 0.29) is 23.6 Å². The minimum absolute atomic E-state index is 0. The van der Waals surface area contributed by atoms with Crippen LogP contribution in [-0.2, 0) is 11.8 Å². The maximum Gasteiger partial charge on any atom is 0.233 e. The highest BCUT2D eigenvalue weighted by molar-refractivity contribution is 5.85. The number of aromatic nitrogens is 2. The third-order valence-electron chi connectivity index (χ3n) is 3.60. The summed E-state index contributed by atoms with van der Waals surface area (Å²) in [5.41, 5.74) is 0.773. The first kappa shape index (κ1) is 14.9. The van der Waals surface area contributed by atoms with Gasteiger partial charge in [0.25, 0.3) is 0 Å². The number of nitrogens with zero attached hydrogens (tertiary/aromatic N) is 2. The van der Waals surface area contributed by atoms with Crippen molar-refractivity contribution >= 4 is 12.4 Å². The van der Waals surface area contributed by atoms with E-state index in [1.165, 1.54) is 12.1 Å². The molecule has 0 spiro atoms. The van der Waals surface area contributed by atoms with E-state index < -0.39 is 0 Å². The van der Waals surface area contributed by atoms with E-state index in [1.807, 2.05) is 6.07 Å². The number of halogens is 2. The molecule has 108 valence electrons. The number of nitrogens with one attached hydrogen (secondary N) is 1. The molecule has 2 heterocycles. The molecule has 1 fully saturated rings. The fraction of sp³-hybridized carbons (Fsp3) is 0.429. The zero-order valence-corrected chi connectivity index (χ0v) is 12.0. The molecule has 3 rings (SSSR count). The average Bonchev–Trinajstić information content (AvgIpc) is 2.99. The third kappa shape index (κ3) is 2.99. The normalized spacial score (nSPS) is 21.7. The van der Waals surface area contributed by atoms with Crippen LogP contribution in [0.2, 0.25) is 0 Å². The van der Waals surface area contributed by atoms with Crippen molar-refractivity contribution in [3.05, 3.63) is 47.4 Å². The van der Waals surface area contributed by atoms with Crippen molar-refractivity contribution in [1.29, 1.82) is 0 Å². The molecule has 0 aliphatic carbocycles. The third-order valence-corrected chi connectivity index (χ3v) is 3.60. The van der Waals surface area contributed by atoms with Crippen molar-refractivity contribution in [1.82, 2.24) is 15.5 Å². The molecule has 1 aliphatic rings. The van der Waals surface area contributed by atoms with E-state index in [1.54, 1.807) is 6.07 Å². The summed E-state index contributed by atoms with van der Waals surface area (Å²) >= 11 is 0. The van der Waals surface area contributed by atoms with Crippen molar-refractivity contribution in [2.45, 2.75) is 25.2 Å². The molecular weight excluding hydrogens is 281 g/mol. The highest BCUT2D eigenvalue weighted by atomic mass is 35.5. The highest BCUT2D eigenvalue weighted by Crippen LogP contribution is 2.28. The lowest BCUT2D eigenvalue weighted by Crippen LogP contribution is -2.25. The summed E-state index contributed by atoms with van der Waals surface area (Å²) in [5, 5.41) is 7.29. The zero-order chi connectivity index (χ0) is 13.3. The van der Waals surface area contributed by atoms with Crippen LogP contribution in [0.15, 0.2) is 28.8 Å². The fourth-order valence-corrected chi connectivity index (χ4v) is 2.40. The molecule has 0 bridgehead atoms. The van der Waals surface area contributed by atoms with Crippen molar-refractivity contribution in [2.75, 3.05) is 13.1 Å². The summed E-state index contributed by atoms with van der Waals surface area (Å²) in [5.74, 6) is 1.03. The first-order valence-electron chi connectivity index (χ1n) is 6.44. The van der Waals surface area contributed by atoms with Crippen LogP contribution in [0, 0.1) is 5.82 Å². The van der Waals surface area contributed by atoms with Crippen LogP contribution in [-0.4, -0.2) is 23.2 Å². The van der Waals surface area contributed by atoms with Gasteiger partial charge in [0.1, 0.15) is 5.82 Å². The van der Waals surface area contributed by atoms with Crippen molar-refractivity contribution in [2.24, 2.45) is 0 Å². The quantitative estimate of drug-likeness (QED) is 0.945. The average molecular weight is 298 g/mol. The smallest absolute Gasteiger partial charge is 0.233 e. The Bertz CT molecular complexity index is 581. The van der Waals surface area contributed by atoms with Gasteiger partial charge in [-0.1, -0.05) is 17.3 Å². The second-order valence-corrected chi connectivity index (χ2v) is 5.31. The maximum absolute atomic E-state index is 13.1. The van der Waals surface area contributed by atoms with Gasteiger partial charge in [-0.2, -0.15) is 4.98 Å². The van der Waals surface area contributed by atoms with E-state index >= 15 is 0 Å². The van der Waals surface area contributed by atoms with Gasteiger partial charge in [-0.25, -0.2) is 4.39 Å². The van der Waals surface area contributed by atoms with E-state index in [0.717, 1.165) is 25.1 Å². The van der Waals surface area contributed by atoms with Gasteiger partial charge in [0.15, 0.2) is 5.82 Å². The largest absolute Gasteiger partial charge is 0.339 e. The Balaban J connectivity index is 0.00000147. The summed E-state index contributed by atoms with van der Waals surface area (Å²) < 4.78 is 18.5. The lowest BCUT2D eigenvalue weighted by atomic mass is 9.90. The first-order valence-corrected chi connectivity index (χ1v) is 6.44. The molecule has 1 aliphatic heterocycles. The van der Waals surface area contributed by atoms with Crippen LogP contribution in [0.4, 0.5) is 4.39 Å². The Hall–Kier alpha value is -1.46. The van der Waals surface area contributed by atoms with Gasteiger partial charge < -0.3 is 9.84 Å². The number of rotatable bonds is 3. The molecule has 20 heavy (non-hydrogen) atoms. The molecule has 1 atom stereocenters. The van der Waals surface area contributed by atoms with Gasteiger partial charge >= 0.3 is 0 Å². The van der Waals surface area contributed by atoms with Crippen LogP contribution >= 0.6 is 12.4 Å². The summed E-state index contributed by atoms with van der Waals surface area (Å²) in [7, 11) is 0. The van der Waals surface area contributed by atoms with Crippen LogP contribution in [0.5, 0.6) is 0 Å². The van der Waals surface area contributed by atoms with E-state index in [9.17, 15) is 4.39 Å². The standard InChI is InChI=1S/C14H16FN3O.ClH/c1-14(5-6-16-9-14)13-17-12(18-19-13)8-10-3-2-4-11(15)7-10;/h2-4,7,16H,5-6,8-9H2,1H3;1H. The first-order chi connectivity index (χ1) is 9.16. The predicted molar refractivity (Wildman–Crippen MR) is 75.6 cm³/mol. The van der Waals surface area contributed by atoms with Crippen LogP contribution in [0.25, 0.3) is 0 Å². The Morgan fingerprint density at radius 1 is 1.45 bits per heavy atom. The SMILES string of the molecule is CC1(c2nc(Cc3cccc(F)c3)no2)CCNC1.Cl. The van der Waals surface area contributed by atoms with Crippen LogP contribution < -0.4 is 5.32 Å². The highest BCUT2D eigenvalue weighted by Gasteiger charge is 2.36. The zero-order valence-electron chi connectivity index (χ0n) is 11.2. The molecule has 6 heteroatoms. The van der Waals surface area contributed by atoms with Gasteiger partial charge in [-0.15, -0.1) is 12.4 Å². The molecule has 2 aromatic rings. The van der Waals surface area contributed by atoms with Gasteiger partial charge in [0.2, 0.25) is 5.89 Å². The monoisotopic (exact) mass is 297 g/mol. The van der Waals surface area contributed by atoms with Gasteiger partial charge in [0, 0.05) is 13.0 Å². The van der Waals surface area contributed by atoms with Crippen LogP contribution in [0.1, 0.15) is 30.6 Å². The van der Waals surface area contributed by atoms with E-state index in [0.29, 0.717) is 18.1 Å². The van der Waals surface area contributed by atoms with Crippen molar-refractivity contribution < 1.29 is 8.91 Å². The number of hydrogen-bond donors (Lipinski definition) is 1. The summed E-state index contributed by atoms with van der Waals surface area (Å²) in [6.45, 7) is 3.94. The van der Waals surface area contributed by atoms with Crippen molar-refractivity contribution in [3.8, 4) is 0 Å². The lowest BCUT2D eigenvalue weighted by molar-refractivity contribution is 0.304. The molecule has 1 N–H and O–H groups in total. The molecule has 1 saturated heterocycles. The van der Waals surface area contributed by atoms with Crippen molar-refractivity contribution in [3.63, 3.8) is 0 Å². The Kier molecular flexibility index (Phi) is 4.40. The maximum atomic E-state index is 13.1. The minimum atomic E-state index is -0.242. The Morgan fingerprint density at radius 3 is 3.00 bits per heavy atom. The second-order valence-electron chi connectivity index (χ2n) is 5.31. The van der Waals surface area contributed by atoms with E-state index in [4.69, 9.17) is 4.52 Å². The molecule has 0 radical (unpaired) electrons. The molecule has 1 aromatic heterocycles. The summed E-state index contributed by atoms with van der Waals surface area (Å²) in [4.78, 5) is 4.45. The van der Waals surface area contributed by atoms with Gasteiger partial charge in [-0.3, -0.25) is 0 Å². The fourth-order valence-electron chi connectivity index (χ4n) is 2.40. The summed E-state index contributed by atoms with van der Waals surface area (Å²) in [6, 6.07) is 6.47. The Labute approximate surface area is 123 Å². The molecule has 0 amide bonds. The van der Waals surface area contributed by atoms with Gasteiger partial charge in [-0.05, 0) is 37.6 Å². The summed E-state index contributed by atoms with van der Waals surface area (Å²) in [6.07, 6.45) is 1.49. The minimum Gasteiger partial charge on any atom is -0.339 e. The molecular formula is C14H17ClFN3O. The molecule has 0 saturated carbocycles. The molecule has 1 aromatic carbocycles.